The average Bonchev–Trinajstić information content (AvgIpc) is 2.65. The maximum atomic E-state index is 5.94. The molecule has 2 atom stereocenters. The van der Waals surface area contributed by atoms with E-state index < -0.39 is 0 Å². The first kappa shape index (κ1) is 10.9. The molecule has 1 aromatic heterocycles. The lowest BCUT2D eigenvalue weighted by molar-refractivity contribution is -0.0365. The van der Waals surface area contributed by atoms with Crippen molar-refractivity contribution in [3.63, 3.8) is 0 Å². The first-order valence-electron chi connectivity index (χ1n) is 4.76. The third-order valence-electron chi connectivity index (χ3n) is 2.43. The van der Waals surface area contributed by atoms with Crippen LogP contribution < -0.4 is 0 Å². The van der Waals surface area contributed by atoms with Crippen LogP contribution in [0.5, 0.6) is 0 Å². The van der Waals surface area contributed by atoms with Crippen molar-refractivity contribution in [2.45, 2.75) is 31.5 Å². The van der Waals surface area contributed by atoms with E-state index in [1.807, 2.05) is 6.07 Å². The summed E-state index contributed by atoms with van der Waals surface area (Å²) in [6.07, 6.45) is 4.18. The van der Waals surface area contributed by atoms with Gasteiger partial charge in [0.05, 0.1) is 16.5 Å². The van der Waals surface area contributed by atoms with Gasteiger partial charge in [0.2, 0.25) is 0 Å². The van der Waals surface area contributed by atoms with Crippen LogP contribution in [0.2, 0.25) is 4.34 Å². The molecule has 1 aliphatic heterocycles. The van der Waals surface area contributed by atoms with Gasteiger partial charge in [0.1, 0.15) is 0 Å². The van der Waals surface area contributed by atoms with E-state index in [1.165, 1.54) is 17.7 Å². The molecule has 0 aliphatic carbocycles. The minimum absolute atomic E-state index is 0.267. The number of thiophene rings is 1. The molecule has 1 nitrogen and oxygen atoms in total. The lowest BCUT2D eigenvalue weighted by Crippen LogP contribution is -2.22. The Bertz CT molecular complexity index is 302. The van der Waals surface area contributed by atoms with Crippen LogP contribution in [0.1, 0.15) is 30.2 Å². The van der Waals surface area contributed by atoms with Gasteiger partial charge in [-0.1, -0.05) is 27.5 Å². The summed E-state index contributed by atoms with van der Waals surface area (Å²) in [5, 5.41) is 0.933. The van der Waals surface area contributed by atoms with E-state index in [9.17, 15) is 0 Å². The molecule has 78 valence electrons. The summed E-state index contributed by atoms with van der Waals surface area (Å²) in [6.45, 7) is 0. The fourth-order valence-electron chi connectivity index (χ4n) is 1.72. The van der Waals surface area contributed by atoms with E-state index in [0.717, 1.165) is 16.1 Å². The van der Waals surface area contributed by atoms with Gasteiger partial charge < -0.3 is 4.74 Å². The summed E-state index contributed by atoms with van der Waals surface area (Å²) in [5.74, 6) is 0. The maximum absolute atomic E-state index is 5.94. The van der Waals surface area contributed by atoms with Crippen LogP contribution >= 0.6 is 38.9 Å². The van der Waals surface area contributed by atoms with Gasteiger partial charge in [-0.05, 0) is 31.4 Å². The van der Waals surface area contributed by atoms with Crippen molar-refractivity contribution >= 4 is 38.9 Å². The smallest absolute Gasteiger partial charge is 0.0932 e. The van der Waals surface area contributed by atoms with Gasteiger partial charge in [0.15, 0.2) is 0 Å². The molecule has 0 aromatic carbocycles. The van der Waals surface area contributed by atoms with Crippen LogP contribution in [0.4, 0.5) is 0 Å². The molecule has 1 saturated heterocycles. The molecule has 0 bridgehead atoms. The summed E-state index contributed by atoms with van der Waals surface area (Å²) in [4.78, 5) is 1.26. The highest BCUT2D eigenvalue weighted by Crippen LogP contribution is 2.36. The maximum Gasteiger partial charge on any atom is 0.0932 e. The fourth-order valence-corrected chi connectivity index (χ4v) is 3.33. The molecular formula is C10H12BrClOS. The first-order chi connectivity index (χ1) is 6.79. The predicted molar refractivity (Wildman–Crippen MR) is 64.6 cm³/mol. The number of alkyl halides is 1. The standard InChI is InChI=1S/C10H12BrClOS/c11-6-7-2-1-3-8(13-7)9-4-5-10(12)14-9/h4-5,7-8H,1-3,6H2. The van der Waals surface area contributed by atoms with Gasteiger partial charge >= 0.3 is 0 Å². The van der Waals surface area contributed by atoms with Crippen molar-refractivity contribution in [3.8, 4) is 0 Å². The Kier molecular flexibility index (Phi) is 3.88. The SMILES string of the molecule is Clc1ccc(C2CCCC(CBr)O2)s1. The van der Waals surface area contributed by atoms with Gasteiger partial charge in [-0.2, -0.15) is 0 Å². The molecular weight excluding hydrogens is 284 g/mol. The van der Waals surface area contributed by atoms with Crippen molar-refractivity contribution in [3.05, 3.63) is 21.3 Å². The molecule has 0 saturated carbocycles. The predicted octanol–water partition coefficient (Wildman–Crippen LogP) is 4.41. The Labute approximate surface area is 102 Å². The fraction of sp³-hybridized carbons (Fsp3) is 0.600. The summed E-state index contributed by atoms with van der Waals surface area (Å²) < 4.78 is 6.79. The minimum Gasteiger partial charge on any atom is -0.369 e. The van der Waals surface area contributed by atoms with Crippen LogP contribution in [0.25, 0.3) is 0 Å². The first-order valence-corrected chi connectivity index (χ1v) is 7.08. The second kappa shape index (κ2) is 4.97. The highest BCUT2D eigenvalue weighted by atomic mass is 79.9. The zero-order valence-electron chi connectivity index (χ0n) is 7.71. The summed E-state index contributed by atoms with van der Waals surface area (Å²) in [7, 11) is 0. The third kappa shape index (κ3) is 2.51. The second-order valence-electron chi connectivity index (χ2n) is 3.47. The largest absolute Gasteiger partial charge is 0.369 e. The van der Waals surface area contributed by atoms with Crippen molar-refractivity contribution in [2.24, 2.45) is 0 Å². The van der Waals surface area contributed by atoms with E-state index in [-0.39, 0.29) is 6.10 Å². The quantitative estimate of drug-likeness (QED) is 0.735. The average molecular weight is 296 g/mol. The summed E-state index contributed by atoms with van der Waals surface area (Å²) in [5.41, 5.74) is 0. The van der Waals surface area contributed by atoms with Gasteiger partial charge in [-0.15, -0.1) is 11.3 Å². The molecule has 1 aliphatic rings. The second-order valence-corrected chi connectivity index (χ2v) is 5.87. The number of ether oxygens (including phenoxy) is 1. The zero-order valence-corrected chi connectivity index (χ0v) is 10.9. The molecule has 2 rings (SSSR count). The molecule has 1 fully saturated rings. The number of hydrogen-bond acceptors (Lipinski definition) is 2. The minimum atomic E-state index is 0.267. The summed E-state index contributed by atoms with van der Waals surface area (Å²) in [6, 6.07) is 4.02. The molecule has 0 spiro atoms. The van der Waals surface area contributed by atoms with Gasteiger partial charge in [0.25, 0.3) is 0 Å². The number of halogens is 2. The van der Waals surface area contributed by atoms with E-state index in [4.69, 9.17) is 16.3 Å². The number of rotatable bonds is 2. The lowest BCUT2D eigenvalue weighted by Gasteiger charge is -2.28. The van der Waals surface area contributed by atoms with Crippen molar-refractivity contribution < 1.29 is 4.74 Å². The topological polar surface area (TPSA) is 9.23 Å². The molecule has 1 aromatic rings. The van der Waals surface area contributed by atoms with Crippen molar-refractivity contribution in [2.75, 3.05) is 5.33 Å². The van der Waals surface area contributed by atoms with Crippen LogP contribution in [-0.2, 0) is 4.74 Å². The Morgan fingerprint density at radius 3 is 3.00 bits per heavy atom. The Balaban J connectivity index is 2.04. The van der Waals surface area contributed by atoms with Crippen molar-refractivity contribution in [1.82, 2.24) is 0 Å². The molecule has 0 amide bonds. The molecule has 14 heavy (non-hydrogen) atoms. The Morgan fingerprint density at radius 2 is 2.36 bits per heavy atom. The van der Waals surface area contributed by atoms with Crippen LogP contribution in [0, 0.1) is 0 Å². The number of hydrogen-bond donors (Lipinski definition) is 0. The van der Waals surface area contributed by atoms with Crippen LogP contribution in [0.3, 0.4) is 0 Å². The Morgan fingerprint density at radius 1 is 1.50 bits per heavy atom. The molecule has 0 radical (unpaired) electrons. The van der Waals surface area contributed by atoms with Crippen LogP contribution in [-0.4, -0.2) is 11.4 Å². The highest BCUT2D eigenvalue weighted by Gasteiger charge is 2.23. The normalized spacial score (nSPS) is 27.9. The van der Waals surface area contributed by atoms with Crippen LogP contribution in [0.15, 0.2) is 12.1 Å². The molecule has 4 heteroatoms. The van der Waals surface area contributed by atoms with Gasteiger partial charge in [0, 0.05) is 10.2 Å². The van der Waals surface area contributed by atoms with E-state index in [2.05, 4.69) is 22.0 Å². The van der Waals surface area contributed by atoms with Crippen molar-refractivity contribution in [1.29, 1.82) is 0 Å². The van der Waals surface area contributed by atoms with Gasteiger partial charge in [-0.3, -0.25) is 0 Å². The zero-order chi connectivity index (χ0) is 9.97. The lowest BCUT2D eigenvalue weighted by atomic mass is 10.0. The van der Waals surface area contributed by atoms with E-state index in [0.29, 0.717) is 6.10 Å². The van der Waals surface area contributed by atoms with E-state index >= 15 is 0 Å². The monoisotopic (exact) mass is 294 g/mol. The third-order valence-corrected chi connectivity index (χ3v) is 4.48. The van der Waals surface area contributed by atoms with E-state index in [1.54, 1.807) is 11.3 Å². The summed E-state index contributed by atoms with van der Waals surface area (Å²) >= 11 is 11.0. The van der Waals surface area contributed by atoms with Gasteiger partial charge in [-0.25, -0.2) is 0 Å². The highest BCUT2D eigenvalue weighted by molar-refractivity contribution is 9.09. The molecule has 0 N–H and O–H groups in total. The Hall–Kier alpha value is 0.430. The molecule has 2 heterocycles. The molecule has 2 unspecified atom stereocenters.